The molecule has 1 N–H and O–H groups in total. The molecule has 0 spiro atoms. The molecule has 0 bridgehead atoms. The highest BCUT2D eigenvalue weighted by atomic mass is 16.6. The molecule has 0 unspecified atom stereocenters. The van der Waals surface area contributed by atoms with Gasteiger partial charge < -0.3 is 5.32 Å². The number of hydrogen-bond donors (Lipinski definition) is 1. The molecule has 9 heteroatoms. The van der Waals surface area contributed by atoms with Gasteiger partial charge in [-0.05, 0) is 6.92 Å². The van der Waals surface area contributed by atoms with Crippen molar-refractivity contribution in [2.45, 2.75) is 20.0 Å². The van der Waals surface area contributed by atoms with Gasteiger partial charge in [0.05, 0.1) is 11.1 Å². The van der Waals surface area contributed by atoms with Crippen LogP contribution in [-0.4, -0.2) is 30.4 Å². The van der Waals surface area contributed by atoms with Gasteiger partial charge in [0.25, 0.3) is 0 Å². The number of aromatic nitrogens is 4. The molecule has 0 aliphatic heterocycles. The summed E-state index contributed by atoms with van der Waals surface area (Å²) in [7, 11) is 1.79. The molecule has 106 valence electrons. The largest absolute Gasteiger partial charge is 0.350 e. The number of carbonyl (C=O) groups is 1. The Morgan fingerprint density at radius 3 is 2.80 bits per heavy atom. The first kappa shape index (κ1) is 13.7. The zero-order chi connectivity index (χ0) is 14.7. The van der Waals surface area contributed by atoms with Crippen molar-refractivity contribution in [3.05, 3.63) is 40.0 Å². The minimum Gasteiger partial charge on any atom is -0.350 e. The standard InChI is InChI=1S/C11H14N6O3/c1-8-10(17(19)20)6-16(14-8)7-11(18)12-3-9-4-13-15(2)5-9/h4-6H,3,7H2,1-2H3,(H,12,18). The van der Waals surface area contributed by atoms with Gasteiger partial charge in [-0.15, -0.1) is 0 Å². The molecule has 9 nitrogen and oxygen atoms in total. The molecule has 2 aromatic heterocycles. The lowest BCUT2D eigenvalue weighted by atomic mass is 10.3. The smallest absolute Gasteiger partial charge is 0.309 e. The Morgan fingerprint density at radius 1 is 1.50 bits per heavy atom. The van der Waals surface area contributed by atoms with E-state index < -0.39 is 4.92 Å². The number of amides is 1. The summed E-state index contributed by atoms with van der Waals surface area (Å²) in [5.74, 6) is -0.272. The Hall–Kier alpha value is -2.71. The van der Waals surface area contributed by atoms with Crippen LogP contribution in [0.1, 0.15) is 11.3 Å². The van der Waals surface area contributed by atoms with Crippen LogP contribution >= 0.6 is 0 Å². The van der Waals surface area contributed by atoms with E-state index in [1.807, 2.05) is 0 Å². The van der Waals surface area contributed by atoms with Crippen LogP contribution < -0.4 is 5.32 Å². The topological polar surface area (TPSA) is 108 Å². The van der Waals surface area contributed by atoms with Crippen LogP contribution in [0.2, 0.25) is 0 Å². The zero-order valence-electron chi connectivity index (χ0n) is 11.1. The molecule has 0 aliphatic carbocycles. The molecule has 0 radical (unpaired) electrons. The van der Waals surface area contributed by atoms with E-state index in [0.717, 1.165) is 5.56 Å². The van der Waals surface area contributed by atoms with Crippen LogP contribution in [0, 0.1) is 17.0 Å². The quantitative estimate of drug-likeness (QED) is 0.618. The third-order valence-electron chi connectivity index (χ3n) is 2.67. The van der Waals surface area contributed by atoms with Crippen molar-refractivity contribution in [3.63, 3.8) is 0 Å². The molecule has 2 heterocycles. The van der Waals surface area contributed by atoms with E-state index in [-0.39, 0.29) is 23.8 Å². The molecule has 0 aliphatic rings. The van der Waals surface area contributed by atoms with Crippen molar-refractivity contribution in [2.75, 3.05) is 0 Å². The van der Waals surface area contributed by atoms with Gasteiger partial charge >= 0.3 is 5.69 Å². The van der Waals surface area contributed by atoms with Crippen molar-refractivity contribution in [3.8, 4) is 0 Å². The minimum absolute atomic E-state index is 0.0606. The predicted molar refractivity (Wildman–Crippen MR) is 68.7 cm³/mol. The number of nitrogens with one attached hydrogen (secondary N) is 1. The first-order valence-electron chi connectivity index (χ1n) is 5.88. The maximum absolute atomic E-state index is 11.7. The van der Waals surface area contributed by atoms with Gasteiger partial charge in [-0.1, -0.05) is 0 Å². The summed E-state index contributed by atoms with van der Waals surface area (Å²) in [6.07, 6.45) is 4.70. The van der Waals surface area contributed by atoms with Crippen molar-refractivity contribution in [2.24, 2.45) is 7.05 Å². The van der Waals surface area contributed by atoms with Crippen LogP contribution in [0.25, 0.3) is 0 Å². The third kappa shape index (κ3) is 3.19. The summed E-state index contributed by atoms with van der Waals surface area (Å²) >= 11 is 0. The second kappa shape index (κ2) is 5.51. The Kier molecular flexibility index (Phi) is 3.78. The van der Waals surface area contributed by atoms with Crippen LogP contribution in [0.4, 0.5) is 5.69 Å². The number of aryl methyl sites for hydroxylation is 2. The van der Waals surface area contributed by atoms with Gasteiger partial charge in [-0.2, -0.15) is 10.2 Å². The number of nitro groups is 1. The maximum atomic E-state index is 11.7. The van der Waals surface area contributed by atoms with Crippen LogP contribution in [0.5, 0.6) is 0 Å². The fraction of sp³-hybridized carbons (Fsp3) is 0.364. The molecule has 0 fully saturated rings. The monoisotopic (exact) mass is 278 g/mol. The lowest BCUT2D eigenvalue weighted by molar-refractivity contribution is -0.385. The Labute approximate surface area is 114 Å². The average molecular weight is 278 g/mol. The summed E-state index contributed by atoms with van der Waals surface area (Å²) in [5.41, 5.74) is 1.07. The Bertz CT molecular complexity index is 644. The van der Waals surface area contributed by atoms with E-state index in [1.165, 1.54) is 17.8 Å². The molecular formula is C11H14N6O3. The summed E-state index contributed by atoms with van der Waals surface area (Å²) in [4.78, 5) is 21.9. The fourth-order valence-corrected chi connectivity index (χ4v) is 1.73. The first-order valence-corrected chi connectivity index (χ1v) is 5.88. The lowest BCUT2D eigenvalue weighted by Crippen LogP contribution is -2.27. The van der Waals surface area contributed by atoms with E-state index >= 15 is 0 Å². The van der Waals surface area contributed by atoms with Crippen molar-refractivity contribution in [1.82, 2.24) is 24.9 Å². The van der Waals surface area contributed by atoms with Crippen LogP contribution in [0.15, 0.2) is 18.6 Å². The summed E-state index contributed by atoms with van der Waals surface area (Å²) in [6, 6.07) is 0. The molecule has 0 atom stereocenters. The molecule has 0 saturated heterocycles. The summed E-state index contributed by atoms with van der Waals surface area (Å²) in [6.45, 7) is 1.83. The fourth-order valence-electron chi connectivity index (χ4n) is 1.73. The highest BCUT2D eigenvalue weighted by Crippen LogP contribution is 2.14. The number of rotatable bonds is 5. The molecule has 1 amide bonds. The van der Waals surface area contributed by atoms with Crippen LogP contribution in [-0.2, 0) is 24.9 Å². The van der Waals surface area contributed by atoms with Crippen molar-refractivity contribution >= 4 is 11.6 Å². The average Bonchev–Trinajstić information content (AvgIpc) is 2.93. The van der Waals surface area contributed by atoms with Gasteiger partial charge in [0, 0.05) is 25.4 Å². The van der Waals surface area contributed by atoms with Crippen molar-refractivity contribution in [1.29, 1.82) is 0 Å². The summed E-state index contributed by atoms with van der Waals surface area (Å²) < 4.78 is 2.90. The van der Waals surface area contributed by atoms with E-state index in [2.05, 4.69) is 15.5 Å². The summed E-state index contributed by atoms with van der Waals surface area (Å²) in [5, 5.41) is 21.3. The molecule has 20 heavy (non-hydrogen) atoms. The first-order chi connectivity index (χ1) is 9.45. The molecule has 2 aromatic rings. The Balaban J connectivity index is 1.91. The normalized spacial score (nSPS) is 10.5. The highest BCUT2D eigenvalue weighted by molar-refractivity contribution is 5.75. The highest BCUT2D eigenvalue weighted by Gasteiger charge is 2.16. The molecule has 0 aromatic carbocycles. The van der Waals surface area contributed by atoms with Gasteiger partial charge in [-0.3, -0.25) is 24.3 Å². The minimum atomic E-state index is -0.521. The van der Waals surface area contributed by atoms with Gasteiger partial charge in [0.15, 0.2) is 0 Å². The second-order valence-electron chi connectivity index (χ2n) is 4.35. The molecule has 0 saturated carbocycles. The predicted octanol–water partition coefficient (Wildman–Crippen LogP) is 0.150. The van der Waals surface area contributed by atoms with E-state index in [0.29, 0.717) is 6.54 Å². The molecule has 2 rings (SSSR count). The van der Waals surface area contributed by atoms with Crippen LogP contribution in [0.3, 0.4) is 0 Å². The van der Waals surface area contributed by atoms with Gasteiger partial charge in [0.2, 0.25) is 5.91 Å². The maximum Gasteiger partial charge on any atom is 0.309 e. The Morgan fingerprint density at radius 2 is 2.25 bits per heavy atom. The molecular weight excluding hydrogens is 264 g/mol. The lowest BCUT2D eigenvalue weighted by Gasteiger charge is -2.03. The second-order valence-corrected chi connectivity index (χ2v) is 4.35. The zero-order valence-corrected chi connectivity index (χ0v) is 11.1. The SMILES string of the molecule is Cc1nn(CC(=O)NCc2cnn(C)c2)cc1[N+](=O)[O-]. The number of nitrogens with zero attached hydrogens (tertiary/aromatic N) is 5. The van der Waals surface area contributed by atoms with E-state index in [9.17, 15) is 14.9 Å². The van der Waals surface area contributed by atoms with Gasteiger partial charge in [0.1, 0.15) is 18.4 Å². The van der Waals surface area contributed by atoms with E-state index in [4.69, 9.17) is 0 Å². The number of carbonyl (C=O) groups excluding carboxylic acids is 1. The number of hydrogen-bond acceptors (Lipinski definition) is 5. The van der Waals surface area contributed by atoms with Gasteiger partial charge in [-0.25, -0.2) is 0 Å². The third-order valence-corrected chi connectivity index (χ3v) is 2.67. The van der Waals surface area contributed by atoms with E-state index in [1.54, 1.807) is 24.1 Å². The van der Waals surface area contributed by atoms with Crippen molar-refractivity contribution < 1.29 is 9.72 Å².